The topological polar surface area (TPSA) is 44.1 Å². The molecule has 0 fully saturated rings. The first-order valence-electron chi connectivity index (χ1n) is 2.92. The summed E-state index contributed by atoms with van der Waals surface area (Å²) in [6.07, 6.45) is 0. The van der Waals surface area contributed by atoms with Gasteiger partial charge in [-0.15, -0.1) is 11.6 Å². The maximum atomic E-state index is 10.5. The molecule has 0 aromatic rings. The van der Waals surface area contributed by atoms with Gasteiger partial charge in [0.25, 0.3) is 0 Å². The Kier molecular flexibility index (Phi) is 4.29. The highest BCUT2D eigenvalue weighted by Crippen LogP contribution is 2.27. The Balaban J connectivity index is 4.36. The van der Waals surface area contributed by atoms with Crippen molar-refractivity contribution in [1.82, 2.24) is 10.6 Å². The fraction of sp³-hybridized carbons (Fsp3) is 0.800. The SMILES string of the molecule is CCN(C([NH])=O)C(Cl)(Cl)CCl. The molecule has 0 unspecified atom stereocenters. The van der Waals surface area contributed by atoms with Gasteiger partial charge in [0.2, 0.25) is 4.46 Å². The fourth-order valence-corrected chi connectivity index (χ4v) is 1.13. The zero-order valence-corrected chi connectivity index (χ0v) is 8.17. The molecule has 0 aliphatic carbocycles. The summed E-state index contributed by atoms with van der Waals surface area (Å²) in [6, 6.07) is -0.932. The molecular formula is C5H8Cl3N2O. The van der Waals surface area contributed by atoms with Crippen molar-refractivity contribution in [3.05, 3.63) is 0 Å². The van der Waals surface area contributed by atoms with Gasteiger partial charge in [-0.3, -0.25) is 4.90 Å². The van der Waals surface area contributed by atoms with Crippen LogP contribution in [-0.4, -0.2) is 27.8 Å². The number of hydrogen-bond donors (Lipinski definition) is 0. The molecular weight excluding hydrogens is 210 g/mol. The number of amides is 2. The molecule has 0 aliphatic rings. The molecule has 0 saturated heterocycles. The fourth-order valence-electron chi connectivity index (χ4n) is 0.596. The number of halogens is 3. The molecule has 0 heterocycles. The molecule has 0 spiro atoms. The molecule has 6 heteroatoms. The van der Waals surface area contributed by atoms with Crippen LogP contribution in [0.5, 0.6) is 0 Å². The number of hydrogen-bond acceptors (Lipinski definition) is 1. The van der Waals surface area contributed by atoms with E-state index in [2.05, 4.69) is 0 Å². The molecule has 0 atom stereocenters. The largest absolute Gasteiger partial charge is 0.338 e. The highest BCUT2D eigenvalue weighted by molar-refractivity contribution is 6.51. The van der Waals surface area contributed by atoms with E-state index in [1.165, 1.54) is 0 Å². The summed E-state index contributed by atoms with van der Waals surface area (Å²) >= 11 is 16.6. The van der Waals surface area contributed by atoms with Crippen LogP contribution in [0.15, 0.2) is 0 Å². The average Bonchev–Trinajstić information content (AvgIpc) is 1.88. The maximum absolute atomic E-state index is 10.5. The smallest absolute Gasteiger partial charge is 0.291 e. The van der Waals surface area contributed by atoms with Crippen molar-refractivity contribution in [2.75, 3.05) is 12.4 Å². The summed E-state index contributed by atoms with van der Waals surface area (Å²) in [5, 5.41) is 0. The van der Waals surface area contributed by atoms with Crippen molar-refractivity contribution in [1.29, 1.82) is 0 Å². The van der Waals surface area contributed by atoms with Gasteiger partial charge >= 0.3 is 6.03 Å². The Morgan fingerprint density at radius 1 is 1.64 bits per heavy atom. The summed E-state index contributed by atoms with van der Waals surface area (Å²) in [7, 11) is 0. The van der Waals surface area contributed by atoms with Crippen LogP contribution in [0.1, 0.15) is 6.92 Å². The normalized spacial score (nSPS) is 11.3. The third-order valence-electron chi connectivity index (χ3n) is 1.12. The van der Waals surface area contributed by atoms with Crippen LogP contribution in [0.25, 0.3) is 0 Å². The number of rotatable bonds is 3. The number of urea groups is 1. The van der Waals surface area contributed by atoms with Gasteiger partial charge < -0.3 is 0 Å². The molecule has 0 rings (SSSR count). The third-order valence-corrected chi connectivity index (χ3v) is 2.45. The summed E-state index contributed by atoms with van der Waals surface area (Å²) < 4.78 is -1.46. The number of nitrogens with zero attached hydrogens (tertiary/aromatic N) is 1. The Hall–Kier alpha value is 0.140. The van der Waals surface area contributed by atoms with Crippen molar-refractivity contribution in [2.24, 2.45) is 0 Å². The number of nitrogens with one attached hydrogen (secondary N) is 1. The molecule has 3 nitrogen and oxygen atoms in total. The minimum absolute atomic E-state index is 0.116. The standard InChI is InChI=1S/C5H8Cl3N2O/c1-2-10(4(9)11)5(7,8)3-6/h9H,2-3H2,1H3. The molecule has 0 bridgehead atoms. The summed E-state index contributed by atoms with van der Waals surface area (Å²) in [5.74, 6) is -0.116. The van der Waals surface area contributed by atoms with Gasteiger partial charge in [-0.1, -0.05) is 23.2 Å². The van der Waals surface area contributed by atoms with Gasteiger partial charge in [0.05, 0.1) is 5.88 Å². The monoisotopic (exact) mass is 217 g/mol. The minimum Gasteiger partial charge on any atom is -0.291 e. The van der Waals surface area contributed by atoms with Gasteiger partial charge in [0.1, 0.15) is 0 Å². The summed E-state index contributed by atoms with van der Waals surface area (Å²) in [4.78, 5) is 11.5. The predicted octanol–water partition coefficient (Wildman–Crippen LogP) is 2.08. The van der Waals surface area contributed by atoms with Crippen molar-refractivity contribution in [3.8, 4) is 0 Å². The van der Waals surface area contributed by atoms with E-state index in [1.807, 2.05) is 0 Å². The van der Waals surface area contributed by atoms with E-state index in [9.17, 15) is 4.79 Å². The highest BCUT2D eigenvalue weighted by Gasteiger charge is 2.33. The predicted molar refractivity (Wildman–Crippen MR) is 46.0 cm³/mol. The Morgan fingerprint density at radius 2 is 2.09 bits per heavy atom. The van der Waals surface area contributed by atoms with Gasteiger partial charge in [-0.25, -0.2) is 10.5 Å². The molecule has 0 aromatic heterocycles. The van der Waals surface area contributed by atoms with Crippen molar-refractivity contribution in [2.45, 2.75) is 11.4 Å². The van der Waals surface area contributed by atoms with Crippen LogP contribution >= 0.6 is 34.8 Å². The first-order valence-corrected chi connectivity index (χ1v) is 4.21. The van der Waals surface area contributed by atoms with Gasteiger partial charge in [0.15, 0.2) is 0 Å². The van der Waals surface area contributed by atoms with Gasteiger partial charge in [-0.05, 0) is 6.92 Å². The Labute approximate surface area is 80.4 Å². The third kappa shape index (κ3) is 2.93. The van der Waals surface area contributed by atoms with Crippen molar-refractivity contribution < 1.29 is 4.79 Å². The van der Waals surface area contributed by atoms with Crippen LogP contribution in [0, 0.1) is 0 Å². The molecule has 1 radical (unpaired) electrons. The second-order valence-corrected chi connectivity index (χ2v) is 3.56. The second-order valence-electron chi connectivity index (χ2n) is 1.85. The lowest BCUT2D eigenvalue weighted by Crippen LogP contribution is -2.45. The Bertz CT molecular complexity index is 151. The molecule has 65 valence electrons. The Morgan fingerprint density at radius 3 is 2.18 bits per heavy atom. The average molecular weight is 218 g/mol. The molecule has 2 amide bonds. The molecule has 0 saturated carbocycles. The van der Waals surface area contributed by atoms with E-state index in [0.29, 0.717) is 0 Å². The number of carbonyl (C=O) groups excluding carboxylic acids is 1. The zero-order valence-electron chi connectivity index (χ0n) is 5.90. The molecule has 11 heavy (non-hydrogen) atoms. The first kappa shape index (κ1) is 11.1. The lowest BCUT2D eigenvalue weighted by molar-refractivity contribution is 0.199. The van der Waals surface area contributed by atoms with Crippen LogP contribution < -0.4 is 5.73 Å². The van der Waals surface area contributed by atoms with E-state index >= 15 is 0 Å². The zero-order chi connectivity index (χ0) is 9.07. The van der Waals surface area contributed by atoms with Crippen LogP contribution in [0.2, 0.25) is 0 Å². The van der Waals surface area contributed by atoms with E-state index in [0.717, 1.165) is 4.90 Å². The van der Waals surface area contributed by atoms with E-state index in [1.54, 1.807) is 6.92 Å². The first-order chi connectivity index (χ1) is 4.95. The van der Waals surface area contributed by atoms with E-state index in [4.69, 9.17) is 40.5 Å². The van der Waals surface area contributed by atoms with Crippen LogP contribution in [0.3, 0.4) is 0 Å². The maximum Gasteiger partial charge on any atom is 0.338 e. The lowest BCUT2D eigenvalue weighted by atomic mass is 10.5. The number of alkyl halides is 3. The molecule has 0 aromatic carbocycles. The quantitative estimate of drug-likeness (QED) is 0.528. The van der Waals surface area contributed by atoms with Crippen LogP contribution in [-0.2, 0) is 0 Å². The summed E-state index contributed by atoms with van der Waals surface area (Å²) in [5.41, 5.74) is 6.75. The minimum atomic E-state index is -1.46. The van der Waals surface area contributed by atoms with Crippen LogP contribution in [0.4, 0.5) is 4.79 Å². The van der Waals surface area contributed by atoms with Crippen molar-refractivity contribution >= 4 is 40.8 Å². The summed E-state index contributed by atoms with van der Waals surface area (Å²) in [6.45, 7) is 1.93. The second kappa shape index (κ2) is 4.24. The van der Waals surface area contributed by atoms with Crippen molar-refractivity contribution in [3.63, 3.8) is 0 Å². The van der Waals surface area contributed by atoms with Gasteiger partial charge in [0, 0.05) is 6.54 Å². The molecule has 1 N–H and O–H groups in total. The lowest BCUT2D eigenvalue weighted by Gasteiger charge is -2.29. The van der Waals surface area contributed by atoms with Gasteiger partial charge in [-0.2, -0.15) is 0 Å². The van der Waals surface area contributed by atoms with E-state index in [-0.39, 0.29) is 12.4 Å². The number of carbonyl (C=O) groups is 1. The van der Waals surface area contributed by atoms with E-state index < -0.39 is 10.5 Å². The highest BCUT2D eigenvalue weighted by atomic mass is 35.5. The molecule has 0 aliphatic heterocycles.